The summed E-state index contributed by atoms with van der Waals surface area (Å²) in [5.74, 6) is 0.291. The van der Waals surface area contributed by atoms with Gasteiger partial charge in [0.05, 0.1) is 6.04 Å². The molecule has 18 heavy (non-hydrogen) atoms. The normalized spacial score (nSPS) is 21.1. The van der Waals surface area contributed by atoms with E-state index in [-0.39, 0.29) is 6.04 Å². The van der Waals surface area contributed by atoms with Gasteiger partial charge in [0.25, 0.3) is 0 Å². The van der Waals surface area contributed by atoms with Crippen LogP contribution in [0, 0.1) is 0 Å². The highest BCUT2D eigenvalue weighted by molar-refractivity contribution is 5.84. The Labute approximate surface area is 109 Å². The van der Waals surface area contributed by atoms with E-state index in [1.807, 2.05) is 13.8 Å². The van der Waals surface area contributed by atoms with Crippen molar-refractivity contribution < 1.29 is 9.94 Å². The van der Waals surface area contributed by atoms with E-state index in [4.69, 9.17) is 15.7 Å². The monoisotopic (exact) mass is 258 g/mol. The van der Waals surface area contributed by atoms with Gasteiger partial charge in [-0.25, -0.2) is 0 Å². The van der Waals surface area contributed by atoms with Crippen LogP contribution in [0.1, 0.15) is 20.3 Å². The van der Waals surface area contributed by atoms with Crippen molar-refractivity contribution in [2.24, 2.45) is 10.9 Å². The molecule has 1 heterocycles. The van der Waals surface area contributed by atoms with Gasteiger partial charge in [0.15, 0.2) is 5.84 Å². The number of amidine groups is 1. The Morgan fingerprint density at radius 2 is 2.06 bits per heavy atom. The van der Waals surface area contributed by atoms with E-state index in [1.54, 1.807) is 0 Å². The van der Waals surface area contributed by atoms with Crippen molar-refractivity contribution in [1.29, 1.82) is 0 Å². The predicted octanol–water partition coefficient (Wildman–Crippen LogP) is 0.166. The number of ether oxygens (including phenoxy) is 1. The first-order valence-electron chi connectivity index (χ1n) is 6.70. The first kappa shape index (κ1) is 15.2. The molecule has 0 radical (unpaired) electrons. The molecule has 1 aliphatic rings. The summed E-state index contributed by atoms with van der Waals surface area (Å²) in [5, 5.41) is 11.7. The first-order chi connectivity index (χ1) is 8.69. The molecule has 3 N–H and O–H groups in total. The number of rotatable bonds is 7. The van der Waals surface area contributed by atoms with Crippen molar-refractivity contribution >= 4 is 5.84 Å². The number of hydrogen-bond donors (Lipinski definition) is 2. The second-order valence-electron chi connectivity index (χ2n) is 4.63. The molecule has 106 valence electrons. The Bertz CT molecular complexity index is 252. The third kappa shape index (κ3) is 4.80. The molecule has 1 saturated heterocycles. The SMILES string of the molecule is CCOCCCN1CCN(C(C)C(N)=NO)CC1. The van der Waals surface area contributed by atoms with Crippen molar-refractivity contribution in [3.8, 4) is 0 Å². The molecule has 0 amide bonds. The van der Waals surface area contributed by atoms with Crippen LogP contribution in [0.15, 0.2) is 5.16 Å². The van der Waals surface area contributed by atoms with Crippen LogP contribution in [0.25, 0.3) is 0 Å². The third-order valence-electron chi connectivity index (χ3n) is 3.47. The fraction of sp³-hybridized carbons (Fsp3) is 0.917. The van der Waals surface area contributed by atoms with E-state index in [0.29, 0.717) is 5.84 Å². The van der Waals surface area contributed by atoms with Crippen LogP contribution in [0.2, 0.25) is 0 Å². The number of oxime groups is 1. The lowest BCUT2D eigenvalue weighted by Gasteiger charge is -2.37. The molecule has 0 aromatic carbocycles. The molecule has 6 nitrogen and oxygen atoms in total. The van der Waals surface area contributed by atoms with E-state index in [0.717, 1.165) is 52.4 Å². The third-order valence-corrected chi connectivity index (χ3v) is 3.47. The van der Waals surface area contributed by atoms with Crippen molar-refractivity contribution in [3.63, 3.8) is 0 Å². The van der Waals surface area contributed by atoms with Crippen LogP contribution in [0.4, 0.5) is 0 Å². The van der Waals surface area contributed by atoms with Gasteiger partial charge in [-0.2, -0.15) is 0 Å². The lowest BCUT2D eigenvalue weighted by molar-refractivity contribution is 0.0985. The number of piperazine rings is 1. The van der Waals surface area contributed by atoms with Gasteiger partial charge in [0.2, 0.25) is 0 Å². The summed E-state index contributed by atoms with van der Waals surface area (Å²) in [5.41, 5.74) is 5.62. The molecule has 1 atom stereocenters. The summed E-state index contributed by atoms with van der Waals surface area (Å²) in [6.45, 7) is 10.7. The molecule has 0 aromatic rings. The molecule has 0 saturated carbocycles. The topological polar surface area (TPSA) is 74.3 Å². The minimum Gasteiger partial charge on any atom is -0.409 e. The minimum absolute atomic E-state index is 0.0144. The van der Waals surface area contributed by atoms with Crippen LogP contribution in [0.3, 0.4) is 0 Å². The molecule has 1 unspecified atom stereocenters. The molecule has 6 heteroatoms. The zero-order chi connectivity index (χ0) is 13.4. The summed E-state index contributed by atoms with van der Waals surface area (Å²) >= 11 is 0. The molecule has 1 rings (SSSR count). The number of nitrogens with two attached hydrogens (primary N) is 1. The fourth-order valence-electron chi connectivity index (χ4n) is 2.18. The summed E-state index contributed by atoms with van der Waals surface area (Å²) in [6.07, 6.45) is 1.09. The van der Waals surface area contributed by atoms with E-state index in [2.05, 4.69) is 15.0 Å². The van der Waals surface area contributed by atoms with Crippen molar-refractivity contribution in [2.75, 3.05) is 45.9 Å². The maximum Gasteiger partial charge on any atom is 0.156 e. The van der Waals surface area contributed by atoms with Gasteiger partial charge in [0, 0.05) is 45.9 Å². The average molecular weight is 258 g/mol. The predicted molar refractivity (Wildman–Crippen MR) is 72.0 cm³/mol. The molecule has 1 fully saturated rings. The second kappa shape index (κ2) is 8.29. The van der Waals surface area contributed by atoms with E-state index < -0.39 is 0 Å². The fourth-order valence-corrected chi connectivity index (χ4v) is 2.18. The Kier molecular flexibility index (Phi) is 7.00. The maximum absolute atomic E-state index is 8.67. The van der Waals surface area contributed by atoms with Gasteiger partial charge >= 0.3 is 0 Å². The molecule has 0 bridgehead atoms. The average Bonchev–Trinajstić information content (AvgIpc) is 2.42. The molecular formula is C12H26N4O2. The molecule has 0 aromatic heterocycles. The Morgan fingerprint density at radius 3 is 2.61 bits per heavy atom. The Balaban J connectivity index is 2.20. The lowest BCUT2D eigenvalue weighted by Crippen LogP contribution is -2.53. The smallest absolute Gasteiger partial charge is 0.156 e. The Morgan fingerprint density at radius 1 is 1.39 bits per heavy atom. The highest BCUT2D eigenvalue weighted by Gasteiger charge is 2.22. The van der Waals surface area contributed by atoms with Gasteiger partial charge in [-0.1, -0.05) is 5.16 Å². The highest BCUT2D eigenvalue weighted by atomic mass is 16.5. The van der Waals surface area contributed by atoms with Crippen molar-refractivity contribution in [2.45, 2.75) is 26.3 Å². The summed E-state index contributed by atoms with van der Waals surface area (Å²) in [4.78, 5) is 4.68. The summed E-state index contributed by atoms with van der Waals surface area (Å²) < 4.78 is 5.33. The highest BCUT2D eigenvalue weighted by Crippen LogP contribution is 2.07. The number of nitrogens with zero attached hydrogens (tertiary/aromatic N) is 3. The molecule has 0 spiro atoms. The Hall–Kier alpha value is -0.850. The van der Waals surface area contributed by atoms with Crippen molar-refractivity contribution in [3.05, 3.63) is 0 Å². The first-order valence-corrected chi connectivity index (χ1v) is 6.70. The van der Waals surface area contributed by atoms with Crippen LogP contribution in [-0.2, 0) is 4.74 Å². The van der Waals surface area contributed by atoms with Gasteiger partial charge in [-0.3, -0.25) is 4.90 Å². The van der Waals surface area contributed by atoms with Crippen LogP contribution >= 0.6 is 0 Å². The largest absolute Gasteiger partial charge is 0.409 e. The standard InChI is InChI=1S/C12H26N4O2/c1-3-18-10-4-5-15-6-8-16(9-7-15)11(2)12(13)14-17/h11,17H,3-10H2,1-2H3,(H2,13,14). The van der Waals surface area contributed by atoms with Gasteiger partial charge < -0.3 is 20.6 Å². The second-order valence-corrected chi connectivity index (χ2v) is 4.63. The van der Waals surface area contributed by atoms with Gasteiger partial charge in [0.1, 0.15) is 0 Å². The van der Waals surface area contributed by atoms with Crippen LogP contribution in [-0.4, -0.2) is 72.8 Å². The van der Waals surface area contributed by atoms with Gasteiger partial charge in [-0.05, 0) is 20.3 Å². The van der Waals surface area contributed by atoms with Crippen LogP contribution in [0.5, 0.6) is 0 Å². The zero-order valence-corrected chi connectivity index (χ0v) is 11.5. The van der Waals surface area contributed by atoms with Crippen LogP contribution < -0.4 is 5.73 Å². The molecular weight excluding hydrogens is 232 g/mol. The van der Waals surface area contributed by atoms with Gasteiger partial charge in [-0.15, -0.1) is 0 Å². The minimum atomic E-state index is 0.0144. The summed E-state index contributed by atoms with van der Waals surface area (Å²) in [7, 11) is 0. The van der Waals surface area contributed by atoms with E-state index in [9.17, 15) is 0 Å². The molecule has 0 aliphatic carbocycles. The number of hydrogen-bond acceptors (Lipinski definition) is 5. The van der Waals surface area contributed by atoms with E-state index >= 15 is 0 Å². The zero-order valence-electron chi connectivity index (χ0n) is 11.5. The van der Waals surface area contributed by atoms with Crippen molar-refractivity contribution in [1.82, 2.24) is 9.80 Å². The summed E-state index contributed by atoms with van der Waals surface area (Å²) in [6, 6.07) is 0.0144. The molecule has 1 aliphatic heterocycles. The van der Waals surface area contributed by atoms with E-state index in [1.165, 1.54) is 0 Å². The maximum atomic E-state index is 8.67. The lowest BCUT2D eigenvalue weighted by atomic mass is 10.2. The quantitative estimate of drug-likeness (QED) is 0.224.